The molecule has 1 aromatic carbocycles. The topological polar surface area (TPSA) is 21.3 Å². The molecule has 0 aliphatic carbocycles. The molecule has 0 aromatic heterocycles. The molecule has 1 aromatic rings. The molecule has 0 saturated carbocycles. The van der Waals surface area contributed by atoms with Gasteiger partial charge in [0.15, 0.2) is 0 Å². The zero-order chi connectivity index (χ0) is 11.5. The molecule has 1 heterocycles. The molecular formula is C14H21NO. The Bertz CT molecular complexity index is 373. The van der Waals surface area contributed by atoms with E-state index in [1.54, 1.807) is 0 Å². The fourth-order valence-electron chi connectivity index (χ4n) is 2.46. The van der Waals surface area contributed by atoms with Gasteiger partial charge in [-0.25, -0.2) is 0 Å². The Balaban J connectivity index is 2.30. The summed E-state index contributed by atoms with van der Waals surface area (Å²) in [5, 5.41) is 3.61. The van der Waals surface area contributed by atoms with E-state index < -0.39 is 0 Å². The fourth-order valence-corrected chi connectivity index (χ4v) is 2.46. The zero-order valence-corrected chi connectivity index (χ0v) is 10.5. The van der Waals surface area contributed by atoms with E-state index >= 15 is 0 Å². The van der Waals surface area contributed by atoms with Crippen LogP contribution in [-0.2, 0) is 0 Å². The molecule has 2 nitrogen and oxygen atoms in total. The smallest absolute Gasteiger partial charge is 0.124 e. The first-order valence-electron chi connectivity index (χ1n) is 6.19. The van der Waals surface area contributed by atoms with Crippen LogP contribution in [0, 0.1) is 13.8 Å². The predicted molar refractivity (Wildman–Crippen MR) is 67.1 cm³/mol. The molecule has 16 heavy (non-hydrogen) atoms. The largest absolute Gasteiger partial charge is 0.493 e. The van der Waals surface area contributed by atoms with E-state index in [-0.39, 0.29) is 0 Å². The van der Waals surface area contributed by atoms with E-state index in [9.17, 15) is 0 Å². The molecule has 1 atom stereocenters. The van der Waals surface area contributed by atoms with Gasteiger partial charge in [0.05, 0.1) is 6.61 Å². The lowest BCUT2D eigenvalue weighted by Gasteiger charge is -2.28. The minimum absolute atomic E-state index is 0.476. The molecule has 2 heteroatoms. The van der Waals surface area contributed by atoms with Crippen LogP contribution in [0.4, 0.5) is 0 Å². The summed E-state index contributed by atoms with van der Waals surface area (Å²) in [6.45, 7) is 8.42. The van der Waals surface area contributed by atoms with Crippen LogP contribution in [0.3, 0.4) is 0 Å². The monoisotopic (exact) mass is 219 g/mol. The van der Waals surface area contributed by atoms with Crippen molar-refractivity contribution in [3.63, 3.8) is 0 Å². The number of rotatable bonds is 3. The minimum atomic E-state index is 0.476. The number of benzene rings is 1. The third-order valence-electron chi connectivity index (χ3n) is 3.15. The molecule has 0 bridgehead atoms. The van der Waals surface area contributed by atoms with Crippen LogP contribution in [0.2, 0.25) is 0 Å². The van der Waals surface area contributed by atoms with Crippen LogP contribution < -0.4 is 10.1 Å². The number of fused-ring (bicyclic) bond motifs is 1. The molecule has 0 amide bonds. The van der Waals surface area contributed by atoms with Crippen molar-refractivity contribution in [3.8, 4) is 5.75 Å². The van der Waals surface area contributed by atoms with Gasteiger partial charge in [0.25, 0.3) is 0 Å². The summed E-state index contributed by atoms with van der Waals surface area (Å²) in [4.78, 5) is 0. The van der Waals surface area contributed by atoms with Crippen molar-refractivity contribution >= 4 is 0 Å². The van der Waals surface area contributed by atoms with Crippen molar-refractivity contribution < 1.29 is 4.74 Å². The number of aryl methyl sites for hydroxylation is 2. The summed E-state index contributed by atoms with van der Waals surface area (Å²) >= 11 is 0. The molecule has 1 aliphatic rings. The Kier molecular flexibility index (Phi) is 3.49. The summed E-state index contributed by atoms with van der Waals surface area (Å²) < 4.78 is 5.76. The molecule has 1 N–H and O–H groups in total. The Labute approximate surface area is 98.0 Å². The highest BCUT2D eigenvalue weighted by molar-refractivity contribution is 5.46. The average molecular weight is 219 g/mol. The first-order chi connectivity index (χ1) is 7.72. The summed E-state index contributed by atoms with van der Waals surface area (Å²) in [7, 11) is 0. The average Bonchev–Trinajstić information content (AvgIpc) is 2.25. The molecule has 0 saturated heterocycles. The molecule has 0 spiro atoms. The van der Waals surface area contributed by atoms with E-state index in [2.05, 4.69) is 38.2 Å². The predicted octanol–water partition coefficient (Wildman–Crippen LogP) is 3.13. The van der Waals surface area contributed by atoms with Gasteiger partial charge in [-0.1, -0.05) is 13.0 Å². The maximum atomic E-state index is 5.76. The van der Waals surface area contributed by atoms with Crippen LogP contribution in [0.15, 0.2) is 12.1 Å². The highest BCUT2D eigenvalue weighted by Gasteiger charge is 2.22. The third kappa shape index (κ3) is 2.22. The van der Waals surface area contributed by atoms with E-state index in [1.807, 2.05) is 0 Å². The minimum Gasteiger partial charge on any atom is -0.493 e. The van der Waals surface area contributed by atoms with E-state index in [0.29, 0.717) is 6.04 Å². The zero-order valence-electron chi connectivity index (χ0n) is 10.5. The first-order valence-corrected chi connectivity index (χ1v) is 6.19. The quantitative estimate of drug-likeness (QED) is 0.843. The van der Waals surface area contributed by atoms with Crippen LogP contribution in [0.1, 0.15) is 42.5 Å². The molecule has 0 fully saturated rings. The van der Waals surface area contributed by atoms with Gasteiger partial charge >= 0.3 is 0 Å². The Hall–Kier alpha value is -1.02. The van der Waals surface area contributed by atoms with Crippen molar-refractivity contribution in [2.75, 3.05) is 13.2 Å². The van der Waals surface area contributed by atoms with Gasteiger partial charge in [0.2, 0.25) is 0 Å². The van der Waals surface area contributed by atoms with Crippen LogP contribution in [-0.4, -0.2) is 13.2 Å². The molecule has 88 valence electrons. The first kappa shape index (κ1) is 11.5. The summed E-state index contributed by atoms with van der Waals surface area (Å²) in [6, 6.07) is 4.88. The highest BCUT2D eigenvalue weighted by Crippen LogP contribution is 2.35. The normalized spacial score (nSPS) is 19.1. The molecule has 0 radical (unpaired) electrons. The third-order valence-corrected chi connectivity index (χ3v) is 3.15. The van der Waals surface area contributed by atoms with E-state index in [1.165, 1.54) is 23.1 Å². The second kappa shape index (κ2) is 4.88. The van der Waals surface area contributed by atoms with Gasteiger partial charge < -0.3 is 10.1 Å². The Morgan fingerprint density at radius 1 is 1.38 bits per heavy atom. The lowest BCUT2D eigenvalue weighted by Crippen LogP contribution is -2.28. The second-order valence-corrected chi connectivity index (χ2v) is 4.64. The van der Waals surface area contributed by atoms with Crippen LogP contribution in [0.5, 0.6) is 5.75 Å². The molecular weight excluding hydrogens is 198 g/mol. The van der Waals surface area contributed by atoms with Crippen molar-refractivity contribution in [1.29, 1.82) is 0 Å². The maximum absolute atomic E-state index is 5.76. The molecule has 1 unspecified atom stereocenters. The van der Waals surface area contributed by atoms with Gasteiger partial charge in [0.1, 0.15) is 5.75 Å². The number of ether oxygens (including phenoxy) is 1. The summed E-state index contributed by atoms with van der Waals surface area (Å²) in [6.07, 6.45) is 2.26. The Morgan fingerprint density at radius 3 is 2.94 bits per heavy atom. The SMILES string of the molecule is CCCNC1CCOc2cc(C)cc(C)c21. The molecule has 1 aliphatic heterocycles. The highest BCUT2D eigenvalue weighted by atomic mass is 16.5. The van der Waals surface area contributed by atoms with E-state index in [4.69, 9.17) is 4.74 Å². The Morgan fingerprint density at radius 2 is 2.19 bits per heavy atom. The van der Waals surface area contributed by atoms with Gasteiger partial charge in [-0.05, 0) is 44.0 Å². The molecule has 2 rings (SSSR count). The van der Waals surface area contributed by atoms with Gasteiger partial charge in [-0.3, -0.25) is 0 Å². The van der Waals surface area contributed by atoms with Crippen LogP contribution >= 0.6 is 0 Å². The lowest BCUT2D eigenvalue weighted by atomic mass is 9.94. The summed E-state index contributed by atoms with van der Waals surface area (Å²) in [5.41, 5.74) is 4.00. The van der Waals surface area contributed by atoms with Crippen molar-refractivity contribution in [2.24, 2.45) is 0 Å². The fraction of sp³-hybridized carbons (Fsp3) is 0.571. The number of hydrogen-bond acceptors (Lipinski definition) is 2. The standard InChI is InChI=1S/C14H21NO/c1-4-6-15-12-5-7-16-13-9-10(2)8-11(3)14(12)13/h8-9,12,15H,4-7H2,1-3H3. The van der Waals surface area contributed by atoms with Crippen molar-refractivity contribution in [1.82, 2.24) is 5.32 Å². The van der Waals surface area contributed by atoms with Crippen LogP contribution in [0.25, 0.3) is 0 Å². The lowest BCUT2D eigenvalue weighted by molar-refractivity contribution is 0.252. The second-order valence-electron chi connectivity index (χ2n) is 4.64. The van der Waals surface area contributed by atoms with E-state index in [0.717, 1.165) is 25.3 Å². The number of nitrogens with one attached hydrogen (secondary N) is 1. The summed E-state index contributed by atoms with van der Waals surface area (Å²) in [5.74, 6) is 1.08. The van der Waals surface area contributed by atoms with Gasteiger partial charge in [-0.2, -0.15) is 0 Å². The van der Waals surface area contributed by atoms with Gasteiger partial charge in [0, 0.05) is 18.0 Å². The maximum Gasteiger partial charge on any atom is 0.124 e. The van der Waals surface area contributed by atoms with Gasteiger partial charge in [-0.15, -0.1) is 0 Å². The number of hydrogen-bond donors (Lipinski definition) is 1. The van der Waals surface area contributed by atoms with Crippen molar-refractivity contribution in [2.45, 2.75) is 39.7 Å². The van der Waals surface area contributed by atoms with Crippen molar-refractivity contribution in [3.05, 3.63) is 28.8 Å².